The highest BCUT2D eigenvalue weighted by Crippen LogP contribution is 2.27. The first-order chi connectivity index (χ1) is 13.6. The van der Waals surface area contributed by atoms with Crippen molar-refractivity contribution in [3.63, 3.8) is 0 Å². The van der Waals surface area contributed by atoms with Gasteiger partial charge in [-0.3, -0.25) is 4.79 Å². The summed E-state index contributed by atoms with van der Waals surface area (Å²) in [4.78, 5) is 26.5. The van der Waals surface area contributed by atoms with E-state index in [1.54, 1.807) is 23.4 Å². The molecule has 3 aromatic rings. The van der Waals surface area contributed by atoms with Gasteiger partial charge in [0.25, 0.3) is 5.91 Å². The van der Waals surface area contributed by atoms with Gasteiger partial charge in [-0.15, -0.1) is 0 Å². The summed E-state index contributed by atoms with van der Waals surface area (Å²) in [5.41, 5.74) is 1.24. The van der Waals surface area contributed by atoms with Gasteiger partial charge in [-0.2, -0.15) is 4.98 Å². The maximum Gasteiger partial charge on any atom is 0.260 e. The molecule has 3 heterocycles. The van der Waals surface area contributed by atoms with Crippen molar-refractivity contribution < 1.29 is 14.1 Å². The normalized spacial score (nSPS) is 14.2. The molecule has 1 saturated heterocycles. The van der Waals surface area contributed by atoms with E-state index in [1.165, 1.54) is 5.56 Å². The molecule has 0 radical (unpaired) electrons. The van der Waals surface area contributed by atoms with Gasteiger partial charge in [-0.25, -0.2) is 9.97 Å². The van der Waals surface area contributed by atoms with Crippen LogP contribution in [0.3, 0.4) is 0 Å². The molecule has 0 aliphatic carbocycles. The lowest BCUT2D eigenvalue weighted by atomic mass is 10.0. The zero-order chi connectivity index (χ0) is 19.5. The second-order valence-electron chi connectivity index (χ2n) is 7.04. The van der Waals surface area contributed by atoms with Crippen molar-refractivity contribution in [3.05, 3.63) is 54.2 Å². The van der Waals surface area contributed by atoms with Crippen molar-refractivity contribution in [2.24, 2.45) is 0 Å². The molecule has 1 amide bonds. The predicted octanol–water partition coefficient (Wildman–Crippen LogP) is 2.65. The Labute approximate surface area is 162 Å². The second-order valence-corrected chi connectivity index (χ2v) is 7.04. The van der Waals surface area contributed by atoms with Crippen LogP contribution >= 0.6 is 0 Å². The predicted molar refractivity (Wildman–Crippen MR) is 101 cm³/mol. The number of carbonyl (C=O) groups is 1. The van der Waals surface area contributed by atoms with E-state index < -0.39 is 0 Å². The van der Waals surface area contributed by atoms with Crippen molar-refractivity contribution >= 4 is 5.91 Å². The molecule has 0 unspecified atom stereocenters. The number of carbonyl (C=O) groups excluding carboxylic acids is 1. The standard InChI is InChI=1S/C20H21N5O3/c1-13(2)14-4-6-16(7-5-14)27-12-17(26)25-10-15(11-25)20-23-19(24-28-20)18-21-8-3-9-22-18/h3-9,13,15H,10-12H2,1-2H3. The van der Waals surface area contributed by atoms with E-state index in [2.05, 4.69) is 34.0 Å². The van der Waals surface area contributed by atoms with E-state index in [-0.39, 0.29) is 18.4 Å². The molecule has 0 saturated carbocycles. The van der Waals surface area contributed by atoms with Gasteiger partial charge in [-0.1, -0.05) is 31.1 Å². The molecule has 1 aliphatic heterocycles. The van der Waals surface area contributed by atoms with Crippen LogP contribution in [0.15, 0.2) is 47.2 Å². The first kappa shape index (κ1) is 18.1. The van der Waals surface area contributed by atoms with Gasteiger partial charge in [0.2, 0.25) is 17.5 Å². The Balaban J connectivity index is 1.27. The highest BCUT2D eigenvalue weighted by molar-refractivity contribution is 5.78. The van der Waals surface area contributed by atoms with Crippen LogP contribution in [0.25, 0.3) is 11.6 Å². The molecule has 4 rings (SSSR count). The van der Waals surface area contributed by atoms with Crippen molar-refractivity contribution in [1.29, 1.82) is 0 Å². The maximum absolute atomic E-state index is 12.3. The van der Waals surface area contributed by atoms with Crippen LogP contribution in [0.2, 0.25) is 0 Å². The lowest BCUT2D eigenvalue weighted by Gasteiger charge is -2.36. The fourth-order valence-corrected chi connectivity index (χ4v) is 2.93. The largest absolute Gasteiger partial charge is 0.484 e. The molecule has 1 aliphatic rings. The maximum atomic E-state index is 12.3. The van der Waals surface area contributed by atoms with E-state index in [1.807, 2.05) is 24.3 Å². The summed E-state index contributed by atoms with van der Waals surface area (Å²) in [7, 11) is 0. The van der Waals surface area contributed by atoms with Crippen LogP contribution in [0.4, 0.5) is 0 Å². The highest BCUT2D eigenvalue weighted by Gasteiger charge is 2.35. The summed E-state index contributed by atoms with van der Waals surface area (Å²) in [6.07, 6.45) is 3.25. The lowest BCUT2D eigenvalue weighted by Crippen LogP contribution is -2.50. The molecule has 144 valence electrons. The monoisotopic (exact) mass is 379 g/mol. The Kier molecular flexibility index (Phi) is 5.01. The second kappa shape index (κ2) is 7.75. The van der Waals surface area contributed by atoms with Gasteiger partial charge < -0.3 is 14.2 Å². The number of benzene rings is 1. The van der Waals surface area contributed by atoms with Crippen LogP contribution in [0, 0.1) is 0 Å². The number of aromatic nitrogens is 4. The zero-order valence-corrected chi connectivity index (χ0v) is 15.8. The topological polar surface area (TPSA) is 94.2 Å². The fourth-order valence-electron chi connectivity index (χ4n) is 2.93. The van der Waals surface area contributed by atoms with Crippen molar-refractivity contribution in [2.75, 3.05) is 19.7 Å². The Morgan fingerprint density at radius 1 is 1.18 bits per heavy atom. The molecular formula is C20H21N5O3. The van der Waals surface area contributed by atoms with E-state index >= 15 is 0 Å². The highest BCUT2D eigenvalue weighted by atomic mass is 16.5. The lowest BCUT2D eigenvalue weighted by molar-refractivity contribution is -0.138. The van der Waals surface area contributed by atoms with Crippen molar-refractivity contribution in [1.82, 2.24) is 25.0 Å². The third-order valence-electron chi connectivity index (χ3n) is 4.70. The summed E-state index contributed by atoms with van der Waals surface area (Å²) in [6.45, 7) is 5.36. The quantitative estimate of drug-likeness (QED) is 0.650. The Morgan fingerprint density at radius 2 is 1.89 bits per heavy atom. The van der Waals surface area contributed by atoms with Crippen LogP contribution in [-0.2, 0) is 4.79 Å². The minimum absolute atomic E-state index is 0.0146. The first-order valence-corrected chi connectivity index (χ1v) is 9.21. The summed E-state index contributed by atoms with van der Waals surface area (Å²) < 4.78 is 10.9. The Hall–Kier alpha value is -3.29. The SMILES string of the molecule is CC(C)c1ccc(OCC(=O)N2CC(c3nc(-c4ncccn4)no3)C2)cc1. The molecule has 8 nitrogen and oxygen atoms in total. The number of hydrogen-bond acceptors (Lipinski definition) is 7. The molecule has 0 atom stereocenters. The van der Waals surface area contributed by atoms with Crippen LogP contribution in [0.5, 0.6) is 5.75 Å². The van der Waals surface area contributed by atoms with Crippen LogP contribution < -0.4 is 4.74 Å². The van der Waals surface area contributed by atoms with Crippen LogP contribution in [0.1, 0.15) is 37.1 Å². The van der Waals surface area contributed by atoms with E-state index in [4.69, 9.17) is 9.26 Å². The van der Waals surface area contributed by atoms with Crippen LogP contribution in [-0.4, -0.2) is 50.6 Å². The number of nitrogens with zero attached hydrogens (tertiary/aromatic N) is 5. The van der Waals surface area contributed by atoms with E-state index in [0.29, 0.717) is 42.3 Å². The van der Waals surface area contributed by atoms with Gasteiger partial charge >= 0.3 is 0 Å². The molecule has 0 bridgehead atoms. The number of hydrogen-bond donors (Lipinski definition) is 0. The molecule has 1 fully saturated rings. The third kappa shape index (κ3) is 3.85. The number of likely N-dealkylation sites (tertiary alicyclic amines) is 1. The van der Waals surface area contributed by atoms with Gasteiger partial charge in [0.05, 0.1) is 5.92 Å². The Morgan fingerprint density at radius 3 is 2.57 bits per heavy atom. The summed E-state index contributed by atoms with van der Waals surface area (Å²) in [6, 6.07) is 9.56. The molecule has 0 N–H and O–H groups in total. The molecular weight excluding hydrogens is 358 g/mol. The summed E-state index contributed by atoms with van der Waals surface area (Å²) in [5.74, 6) is 2.40. The minimum Gasteiger partial charge on any atom is -0.484 e. The molecule has 1 aromatic carbocycles. The van der Waals surface area contributed by atoms with E-state index in [9.17, 15) is 4.79 Å². The third-order valence-corrected chi connectivity index (χ3v) is 4.70. The zero-order valence-electron chi connectivity index (χ0n) is 15.8. The molecule has 0 spiro atoms. The Bertz CT molecular complexity index is 934. The van der Waals surface area contributed by atoms with Gasteiger partial charge in [0.1, 0.15) is 5.75 Å². The molecule has 28 heavy (non-hydrogen) atoms. The number of rotatable bonds is 6. The smallest absolute Gasteiger partial charge is 0.260 e. The minimum atomic E-state index is -0.0599. The van der Waals surface area contributed by atoms with Crippen molar-refractivity contribution in [3.8, 4) is 17.4 Å². The average Bonchev–Trinajstić information content (AvgIpc) is 3.16. The molecule has 8 heteroatoms. The van der Waals surface area contributed by atoms with Gasteiger partial charge in [0.15, 0.2) is 6.61 Å². The van der Waals surface area contributed by atoms with E-state index in [0.717, 1.165) is 0 Å². The number of ether oxygens (including phenoxy) is 1. The summed E-state index contributed by atoms with van der Waals surface area (Å²) >= 11 is 0. The number of amides is 1. The fraction of sp³-hybridized carbons (Fsp3) is 0.350. The van der Waals surface area contributed by atoms with Gasteiger partial charge in [0, 0.05) is 25.5 Å². The molecule has 2 aromatic heterocycles. The summed E-state index contributed by atoms with van der Waals surface area (Å²) in [5, 5.41) is 3.92. The first-order valence-electron chi connectivity index (χ1n) is 9.21. The van der Waals surface area contributed by atoms with Crippen molar-refractivity contribution in [2.45, 2.75) is 25.7 Å². The van der Waals surface area contributed by atoms with Gasteiger partial charge in [-0.05, 0) is 29.7 Å². The average molecular weight is 379 g/mol.